The van der Waals surface area contributed by atoms with Crippen LogP contribution in [0.4, 0.5) is 13.2 Å². The van der Waals surface area contributed by atoms with Gasteiger partial charge in [0, 0.05) is 32.7 Å². The molecule has 0 amide bonds. The zero-order valence-electron chi connectivity index (χ0n) is 12.8. The molecule has 0 spiro atoms. The molecule has 1 aromatic heterocycles. The molecule has 22 heavy (non-hydrogen) atoms. The molecule has 1 atom stereocenters. The molecule has 1 aromatic rings. The lowest BCUT2D eigenvalue weighted by Crippen LogP contribution is -2.48. The molecular formula is C13H21F3N4O2. The van der Waals surface area contributed by atoms with Crippen LogP contribution in [-0.2, 0) is 4.74 Å². The Hall–Kier alpha value is -1.19. The number of hydrogen-bond donors (Lipinski definition) is 0. The molecule has 0 saturated carbocycles. The fraction of sp³-hybridized carbons (Fsp3) is 0.846. The highest BCUT2D eigenvalue weighted by Gasteiger charge is 2.28. The molecule has 2 heterocycles. The van der Waals surface area contributed by atoms with Gasteiger partial charge >= 0.3 is 6.18 Å². The zero-order chi connectivity index (χ0) is 16.2. The predicted octanol–water partition coefficient (Wildman–Crippen LogP) is 1.64. The summed E-state index contributed by atoms with van der Waals surface area (Å²) in [5.41, 5.74) is 0. The minimum absolute atomic E-state index is 0.0461. The van der Waals surface area contributed by atoms with Gasteiger partial charge < -0.3 is 9.26 Å². The minimum atomic E-state index is -4.25. The highest BCUT2D eigenvalue weighted by molar-refractivity contribution is 4.91. The molecule has 1 aliphatic heterocycles. The fourth-order valence-electron chi connectivity index (χ4n) is 2.39. The minimum Gasteiger partial charge on any atom is -0.371 e. The van der Waals surface area contributed by atoms with Gasteiger partial charge in [-0.3, -0.25) is 9.80 Å². The number of hydrogen-bond acceptors (Lipinski definition) is 6. The maximum Gasteiger partial charge on any atom is 0.411 e. The summed E-state index contributed by atoms with van der Waals surface area (Å²) in [6, 6.07) is 0.0461. The number of piperazine rings is 1. The van der Waals surface area contributed by atoms with Crippen molar-refractivity contribution in [1.82, 2.24) is 19.9 Å². The third-order valence-electron chi connectivity index (χ3n) is 3.67. The quantitative estimate of drug-likeness (QED) is 0.742. The first-order valence-electron chi connectivity index (χ1n) is 7.26. The number of aryl methyl sites for hydroxylation is 1. The van der Waals surface area contributed by atoms with Crippen LogP contribution in [-0.4, -0.2) is 72.1 Å². The highest BCUT2D eigenvalue weighted by atomic mass is 19.4. The van der Waals surface area contributed by atoms with Gasteiger partial charge in [-0.15, -0.1) is 0 Å². The molecule has 1 aliphatic rings. The van der Waals surface area contributed by atoms with Gasteiger partial charge in [-0.05, 0) is 13.8 Å². The van der Waals surface area contributed by atoms with Crippen molar-refractivity contribution < 1.29 is 22.4 Å². The first-order valence-corrected chi connectivity index (χ1v) is 7.26. The summed E-state index contributed by atoms with van der Waals surface area (Å²) >= 11 is 0. The molecule has 0 unspecified atom stereocenters. The van der Waals surface area contributed by atoms with Gasteiger partial charge in [0.05, 0.1) is 12.6 Å². The van der Waals surface area contributed by atoms with E-state index in [1.807, 2.05) is 6.92 Å². The number of ether oxygens (including phenoxy) is 1. The lowest BCUT2D eigenvalue weighted by Gasteiger charge is -2.36. The maximum atomic E-state index is 12.0. The third kappa shape index (κ3) is 5.22. The van der Waals surface area contributed by atoms with Gasteiger partial charge in [-0.1, -0.05) is 5.16 Å². The molecule has 1 saturated heterocycles. The fourth-order valence-corrected chi connectivity index (χ4v) is 2.39. The van der Waals surface area contributed by atoms with Crippen molar-refractivity contribution in [2.24, 2.45) is 0 Å². The van der Waals surface area contributed by atoms with Gasteiger partial charge in [-0.2, -0.15) is 18.2 Å². The number of nitrogens with zero attached hydrogens (tertiary/aromatic N) is 4. The summed E-state index contributed by atoms with van der Waals surface area (Å²) in [7, 11) is 0. The Morgan fingerprint density at radius 3 is 2.50 bits per heavy atom. The smallest absolute Gasteiger partial charge is 0.371 e. The predicted molar refractivity (Wildman–Crippen MR) is 72.3 cm³/mol. The Balaban J connectivity index is 1.67. The van der Waals surface area contributed by atoms with Gasteiger partial charge in [-0.25, -0.2) is 0 Å². The summed E-state index contributed by atoms with van der Waals surface area (Å²) in [6.45, 7) is 6.40. The molecule has 1 fully saturated rings. The normalized spacial score (nSPS) is 19.5. The van der Waals surface area contributed by atoms with E-state index in [4.69, 9.17) is 4.52 Å². The molecule has 2 rings (SSSR count). The molecule has 0 aliphatic carbocycles. The molecule has 6 nitrogen and oxygen atoms in total. The van der Waals surface area contributed by atoms with Crippen LogP contribution >= 0.6 is 0 Å². The van der Waals surface area contributed by atoms with Crippen LogP contribution in [0.3, 0.4) is 0 Å². The van der Waals surface area contributed by atoms with Crippen LogP contribution in [0.1, 0.15) is 24.7 Å². The number of aromatic nitrogens is 2. The van der Waals surface area contributed by atoms with Crippen molar-refractivity contribution >= 4 is 0 Å². The van der Waals surface area contributed by atoms with Crippen LogP contribution in [0.5, 0.6) is 0 Å². The molecule has 0 aromatic carbocycles. The summed E-state index contributed by atoms with van der Waals surface area (Å²) in [4.78, 5) is 8.55. The Labute approximate surface area is 127 Å². The van der Waals surface area contributed by atoms with Gasteiger partial charge in [0.2, 0.25) is 5.89 Å². The Morgan fingerprint density at radius 2 is 1.95 bits per heavy atom. The van der Waals surface area contributed by atoms with Gasteiger partial charge in [0.25, 0.3) is 0 Å². The number of alkyl halides is 3. The van der Waals surface area contributed by atoms with Crippen molar-refractivity contribution in [2.75, 3.05) is 45.9 Å². The molecule has 0 radical (unpaired) electrons. The zero-order valence-corrected chi connectivity index (χ0v) is 12.8. The molecule has 9 heteroatoms. The Bertz CT molecular complexity index is 458. The topological polar surface area (TPSA) is 54.6 Å². The second-order valence-electron chi connectivity index (χ2n) is 5.40. The summed E-state index contributed by atoms with van der Waals surface area (Å²) in [6.07, 6.45) is -4.25. The Kier molecular flexibility index (Phi) is 5.76. The second kappa shape index (κ2) is 7.38. The van der Waals surface area contributed by atoms with Crippen LogP contribution in [0, 0.1) is 6.92 Å². The number of rotatable bonds is 6. The van der Waals surface area contributed by atoms with E-state index in [2.05, 4.69) is 24.7 Å². The molecule has 126 valence electrons. The average molecular weight is 322 g/mol. The highest BCUT2D eigenvalue weighted by Crippen LogP contribution is 2.20. The summed E-state index contributed by atoms with van der Waals surface area (Å²) in [5.74, 6) is 1.21. The molecule has 0 bridgehead atoms. The SMILES string of the molecule is Cc1noc([C@H](C)N2CCN(CCOCC(F)(F)F)CC2)n1. The van der Waals surface area contributed by atoms with E-state index < -0.39 is 12.8 Å². The second-order valence-corrected chi connectivity index (χ2v) is 5.40. The van der Waals surface area contributed by atoms with Crippen LogP contribution in [0.15, 0.2) is 4.52 Å². The van der Waals surface area contributed by atoms with Crippen molar-refractivity contribution in [3.05, 3.63) is 11.7 Å². The first-order chi connectivity index (χ1) is 10.3. The van der Waals surface area contributed by atoms with E-state index >= 15 is 0 Å². The largest absolute Gasteiger partial charge is 0.411 e. The van der Waals surface area contributed by atoms with E-state index in [9.17, 15) is 13.2 Å². The van der Waals surface area contributed by atoms with Crippen molar-refractivity contribution in [1.29, 1.82) is 0 Å². The third-order valence-corrected chi connectivity index (χ3v) is 3.67. The monoisotopic (exact) mass is 322 g/mol. The van der Waals surface area contributed by atoms with Crippen LogP contribution < -0.4 is 0 Å². The maximum absolute atomic E-state index is 12.0. The lowest BCUT2D eigenvalue weighted by molar-refractivity contribution is -0.174. The first kappa shape index (κ1) is 17.2. The van der Waals surface area contributed by atoms with E-state index in [0.717, 1.165) is 26.2 Å². The summed E-state index contributed by atoms with van der Waals surface area (Å²) < 4.78 is 45.7. The van der Waals surface area contributed by atoms with E-state index in [0.29, 0.717) is 18.3 Å². The van der Waals surface area contributed by atoms with Crippen molar-refractivity contribution in [2.45, 2.75) is 26.1 Å². The molecular weight excluding hydrogens is 301 g/mol. The average Bonchev–Trinajstić information content (AvgIpc) is 2.89. The van der Waals surface area contributed by atoms with E-state index in [-0.39, 0.29) is 12.6 Å². The summed E-state index contributed by atoms with van der Waals surface area (Å²) in [5, 5.41) is 3.79. The van der Waals surface area contributed by atoms with E-state index in [1.54, 1.807) is 6.92 Å². The number of halogens is 3. The lowest BCUT2D eigenvalue weighted by atomic mass is 10.2. The van der Waals surface area contributed by atoms with E-state index in [1.165, 1.54) is 0 Å². The standard InChI is InChI=1S/C13H21F3N4O2/c1-10(12-17-11(2)18-22-12)20-5-3-19(4-6-20)7-8-21-9-13(14,15)16/h10H,3-9H2,1-2H3/t10-/m0/s1. The van der Waals surface area contributed by atoms with Crippen LogP contribution in [0.25, 0.3) is 0 Å². The van der Waals surface area contributed by atoms with Gasteiger partial charge in [0.1, 0.15) is 6.61 Å². The molecule has 0 N–H and O–H groups in total. The van der Waals surface area contributed by atoms with Crippen molar-refractivity contribution in [3.8, 4) is 0 Å². The van der Waals surface area contributed by atoms with Crippen LogP contribution in [0.2, 0.25) is 0 Å². The van der Waals surface area contributed by atoms with Gasteiger partial charge in [0.15, 0.2) is 5.82 Å². The van der Waals surface area contributed by atoms with Crippen molar-refractivity contribution in [3.63, 3.8) is 0 Å². The Morgan fingerprint density at radius 1 is 1.27 bits per heavy atom.